The van der Waals surface area contributed by atoms with Crippen LogP contribution in [0.2, 0.25) is 0 Å². The first-order valence-corrected chi connectivity index (χ1v) is 5.50. The average molecular weight is 242 g/mol. The molecule has 0 aliphatic heterocycles. The van der Waals surface area contributed by atoms with Crippen LogP contribution in [0, 0.1) is 0 Å². The molecule has 0 spiro atoms. The lowest BCUT2D eigenvalue weighted by Crippen LogP contribution is -2.13. The first kappa shape index (κ1) is 12.0. The van der Waals surface area contributed by atoms with Crippen molar-refractivity contribution in [3.8, 4) is 5.75 Å². The smallest absolute Gasteiger partial charge is 0.250 e. The largest absolute Gasteiger partial charge is 0.497 e. The van der Waals surface area contributed by atoms with E-state index in [1.54, 1.807) is 25.3 Å². The van der Waals surface area contributed by atoms with E-state index in [4.69, 9.17) is 10.5 Å². The second-order valence-electron chi connectivity index (χ2n) is 3.77. The van der Waals surface area contributed by atoms with Gasteiger partial charge in [0.1, 0.15) is 5.75 Å². The van der Waals surface area contributed by atoms with Gasteiger partial charge in [0, 0.05) is 5.69 Å². The summed E-state index contributed by atoms with van der Waals surface area (Å²) < 4.78 is 5.07. The zero-order chi connectivity index (χ0) is 13.0. The van der Waals surface area contributed by atoms with E-state index in [1.807, 2.05) is 30.3 Å². The van der Waals surface area contributed by atoms with Crippen LogP contribution < -0.4 is 15.8 Å². The van der Waals surface area contributed by atoms with Crippen molar-refractivity contribution >= 4 is 17.3 Å². The molecule has 0 saturated heterocycles. The second kappa shape index (κ2) is 5.23. The number of primary amides is 1. The minimum atomic E-state index is -0.493. The highest BCUT2D eigenvalue weighted by Gasteiger charge is 2.09. The molecule has 2 rings (SSSR count). The van der Waals surface area contributed by atoms with Crippen molar-refractivity contribution < 1.29 is 9.53 Å². The Morgan fingerprint density at radius 2 is 1.89 bits per heavy atom. The summed E-state index contributed by atoms with van der Waals surface area (Å²) in [5.41, 5.74) is 7.31. The molecule has 2 aromatic carbocycles. The summed E-state index contributed by atoms with van der Waals surface area (Å²) in [6, 6.07) is 14.7. The third kappa shape index (κ3) is 2.60. The van der Waals surface area contributed by atoms with E-state index in [0.29, 0.717) is 17.0 Å². The molecule has 0 bridgehead atoms. The highest BCUT2D eigenvalue weighted by atomic mass is 16.5. The lowest BCUT2D eigenvalue weighted by atomic mass is 10.1. The van der Waals surface area contributed by atoms with E-state index in [9.17, 15) is 4.79 Å². The van der Waals surface area contributed by atoms with Crippen molar-refractivity contribution in [2.75, 3.05) is 12.4 Å². The van der Waals surface area contributed by atoms with Gasteiger partial charge in [-0.25, -0.2) is 0 Å². The molecule has 0 aromatic heterocycles. The number of para-hydroxylation sites is 1. The first-order chi connectivity index (χ1) is 8.70. The maximum atomic E-state index is 11.4. The predicted molar refractivity (Wildman–Crippen MR) is 71.2 cm³/mol. The number of carbonyl (C=O) groups is 1. The van der Waals surface area contributed by atoms with E-state index in [0.717, 1.165) is 5.69 Å². The summed E-state index contributed by atoms with van der Waals surface area (Å²) in [5.74, 6) is 0.106. The van der Waals surface area contributed by atoms with Crippen LogP contribution in [0.4, 0.5) is 11.4 Å². The van der Waals surface area contributed by atoms with Crippen molar-refractivity contribution in [1.29, 1.82) is 0 Å². The molecule has 0 aliphatic carbocycles. The molecule has 0 heterocycles. The van der Waals surface area contributed by atoms with Crippen molar-refractivity contribution in [2.45, 2.75) is 0 Å². The van der Waals surface area contributed by atoms with Crippen molar-refractivity contribution in [3.63, 3.8) is 0 Å². The minimum absolute atomic E-state index is 0.401. The summed E-state index contributed by atoms with van der Waals surface area (Å²) in [7, 11) is 1.55. The number of nitrogens with one attached hydrogen (secondary N) is 1. The standard InChI is InChI=1S/C14H14N2O2/c1-18-11-7-8-13(12(9-11)14(15)17)16-10-5-3-2-4-6-10/h2-9,16H,1H3,(H2,15,17). The van der Waals surface area contributed by atoms with Crippen molar-refractivity contribution in [2.24, 2.45) is 5.73 Å². The number of amides is 1. The van der Waals surface area contributed by atoms with E-state index < -0.39 is 5.91 Å². The van der Waals surface area contributed by atoms with Crippen LogP contribution in [0.1, 0.15) is 10.4 Å². The van der Waals surface area contributed by atoms with Gasteiger partial charge in [-0.05, 0) is 30.3 Å². The maximum Gasteiger partial charge on any atom is 0.250 e. The number of ether oxygens (including phenoxy) is 1. The molecule has 0 radical (unpaired) electrons. The SMILES string of the molecule is COc1ccc(Nc2ccccc2)c(C(N)=O)c1. The number of hydrogen-bond donors (Lipinski definition) is 2. The summed E-state index contributed by atoms with van der Waals surface area (Å²) in [5, 5.41) is 3.15. The maximum absolute atomic E-state index is 11.4. The van der Waals surface area contributed by atoms with Crippen LogP contribution in [0.3, 0.4) is 0 Å². The van der Waals surface area contributed by atoms with E-state index in [2.05, 4.69) is 5.32 Å². The summed E-state index contributed by atoms with van der Waals surface area (Å²) in [6.07, 6.45) is 0. The van der Waals surface area contributed by atoms with Gasteiger partial charge in [0.15, 0.2) is 0 Å². The molecule has 18 heavy (non-hydrogen) atoms. The Labute approximate surface area is 105 Å². The van der Waals surface area contributed by atoms with E-state index in [1.165, 1.54) is 0 Å². The van der Waals surface area contributed by atoms with Gasteiger partial charge in [0.05, 0.1) is 18.4 Å². The molecule has 92 valence electrons. The number of hydrogen-bond acceptors (Lipinski definition) is 3. The predicted octanol–water partition coefficient (Wildman–Crippen LogP) is 2.54. The van der Waals surface area contributed by atoms with Gasteiger partial charge in [-0.15, -0.1) is 0 Å². The number of benzene rings is 2. The highest BCUT2D eigenvalue weighted by molar-refractivity contribution is 5.99. The van der Waals surface area contributed by atoms with E-state index >= 15 is 0 Å². The van der Waals surface area contributed by atoms with Gasteiger partial charge < -0.3 is 15.8 Å². The molecule has 2 aromatic rings. The number of rotatable bonds is 4. The molecule has 0 aliphatic rings. The van der Waals surface area contributed by atoms with E-state index in [-0.39, 0.29) is 0 Å². The van der Waals surface area contributed by atoms with Gasteiger partial charge >= 0.3 is 0 Å². The normalized spacial score (nSPS) is 9.83. The number of anilines is 2. The van der Waals surface area contributed by atoms with Crippen molar-refractivity contribution in [1.82, 2.24) is 0 Å². The molecular formula is C14H14N2O2. The molecule has 4 heteroatoms. The zero-order valence-electron chi connectivity index (χ0n) is 10.0. The number of methoxy groups -OCH3 is 1. The van der Waals surface area contributed by atoms with Crippen LogP contribution in [-0.2, 0) is 0 Å². The van der Waals surface area contributed by atoms with Crippen LogP contribution in [0.25, 0.3) is 0 Å². The molecule has 3 N–H and O–H groups in total. The van der Waals surface area contributed by atoms with Crippen LogP contribution in [-0.4, -0.2) is 13.0 Å². The van der Waals surface area contributed by atoms with Gasteiger partial charge in [0.2, 0.25) is 0 Å². The Kier molecular flexibility index (Phi) is 3.48. The van der Waals surface area contributed by atoms with Gasteiger partial charge in [-0.3, -0.25) is 4.79 Å². The fraction of sp³-hybridized carbons (Fsp3) is 0.0714. The monoisotopic (exact) mass is 242 g/mol. The molecule has 1 amide bonds. The van der Waals surface area contributed by atoms with Crippen LogP contribution in [0.5, 0.6) is 5.75 Å². The van der Waals surface area contributed by atoms with Crippen LogP contribution >= 0.6 is 0 Å². The lowest BCUT2D eigenvalue weighted by Gasteiger charge is -2.11. The molecule has 0 fully saturated rings. The molecule has 0 atom stereocenters. The minimum Gasteiger partial charge on any atom is -0.497 e. The Morgan fingerprint density at radius 3 is 2.50 bits per heavy atom. The summed E-state index contributed by atoms with van der Waals surface area (Å²) in [4.78, 5) is 11.4. The first-order valence-electron chi connectivity index (χ1n) is 5.50. The topological polar surface area (TPSA) is 64.3 Å². The molecular weight excluding hydrogens is 228 g/mol. The Balaban J connectivity index is 2.35. The molecule has 0 saturated carbocycles. The third-order valence-electron chi connectivity index (χ3n) is 2.54. The average Bonchev–Trinajstić information content (AvgIpc) is 2.40. The van der Waals surface area contributed by atoms with Gasteiger partial charge in [0.25, 0.3) is 5.91 Å². The van der Waals surface area contributed by atoms with Crippen LogP contribution in [0.15, 0.2) is 48.5 Å². The zero-order valence-corrected chi connectivity index (χ0v) is 10.0. The molecule has 4 nitrogen and oxygen atoms in total. The second-order valence-corrected chi connectivity index (χ2v) is 3.77. The quantitative estimate of drug-likeness (QED) is 0.865. The summed E-state index contributed by atoms with van der Waals surface area (Å²) >= 11 is 0. The fourth-order valence-electron chi connectivity index (χ4n) is 1.64. The van der Waals surface area contributed by atoms with Gasteiger partial charge in [-0.2, -0.15) is 0 Å². The Hall–Kier alpha value is -2.49. The highest BCUT2D eigenvalue weighted by Crippen LogP contribution is 2.24. The van der Waals surface area contributed by atoms with Crippen molar-refractivity contribution in [3.05, 3.63) is 54.1 Å². The summed E-state index contributed by atoms with van der Waals surface area (Å²) in [6.45, 7) is 0. The number of carbonyl (C=O) groups excluding carboxylic acids is 1. The fourth-order valence-corrected chi connectivity index (χ4v) is 1.64. The number of nitrogens with two attached hydrogens (primary N) is 1. The Morgan fingerprint density at radius 1 is 1.17 bits per heavy atom. The molecule has 0 unspecified atom stereocenters. The van der Waals surface area contributed by atoms with Gasteiger partial charge in [-0.1, -0.05) is 18.2 Å². The third-order valence-corrected chi connectivity index (χ3v) is 2.54. The lowest BCUT2D eigenvalue weighted by molar-refractivity contribution is 0.100. The Bertz CT molecular complexity index is 553.